The summed E-state index contributed by atoms with van der Waals surface area (Å²) in [5.41, 5.74) is 6.84. The van der Waals surface area contributed by atoms with Crippen molar-refractivity contribution in [3.8, 4) is 33.9 Å². The second-order valence-electron chi connectivity index (χ2n) is 6.85. The molecule has 0 aliphatic heterocycles. The molecule has 0 atom stereocenters. The lowest BCUT2D eigenvalue weighted by atomic mass is 10.1. The number of aryl methyl sites for hydroxylation is 1. The fourth-order valence-electron chi connectivity index (χ4n) is 3.70. The molecule has 136 valence electrons. The molecule has 28 heavy (non-hydrogen) atoms. The van der Waals surface area contributed by atoms with E-state index >= 15 is 0 Å². The number of nitrogens with one attached hydrogen (secondary N) is 2. The van der Waals surface area contributed by atoms with Crippen LogP contribution in [0.5, 0.6) is 0 Å². The van der Waals surface area contributed by atoms with E-state index in [4.69, 9.17) is 4.98 Å². The van der Waals surface area contributed by atoms with Gasteiger partial charge in [-0.25, -0.2) is 9.37 Å². The number of H-pyrrole nitrogens is 2. The van der Waals surface area contributed by atoms with Gasteiger partial charge in [-0.3, -0.25) is 0 Å². The molecule has 0 bridgehead atoms. The minimum atomic E-state index is -0.253. The van der Waals surface area contributed by atoms with E-state index in [2.05, 4.69) is 29.0 Å². The van der Waals surface area contributed by atoms with E-state index in [1.165, 1.54) is 12.1 Å². The Morgan fingerprint density at radius 2 is 1.46 bits per heavy atom. The lowest BCUT2D eigenvalue weighted by Crippen LogP contribution is -1.84. The Labute approximate surface area is 161 Å². The molecule has 3 nitrogen and oxygen atoms in total. The topological polar surface area (TPSA) is 44.5 Å². The van der Waals surface area contributed by atoms with Gasteiger partial charge in [0.2, 0.25) is 0 Å². The molecule has 5 rings (SSSR count). The van der Waals surface area contributed by atoms with Crippen molar-refractivity contribution in [3.63, 3.8) is 0 Å². The third-order valence-corrected chi connectivity index (χ3v) is 5.01. The fraction of sp³-hybridized carbons (Fsp3) is 0.0417. The molecule has 0 fully saturated rings. The zero-order valence-corrected chi connectivity index (χ0v) is 15.3. The van der Waals surface area contributed by atoms with E-state index in [0.29, 0.717) is 0 Å². The summed E-state index contributed by atoms with van der Waals surface area (Å²) in [4.78, 5) is 11.9. The van der Waals surface area contributed by atoms with E-state index < -0.39 is 0 Å². The van der Waals surface area contributed by atoms with Crippen LogP contribution in [0.25, 0.3) is 44.8 Å². The van der Waals surface area contributed by atoms with Crippen molar-refractivity contribution < 1.29 is 4.39 Å². The molecular formula is C24H18FN3. The normalized spacial score (nSPS) is 11.2. The van der Waals surface area contributed by atoms with Crippen molar-refractivity contribution in [2.45, 2.75) is 6.92 Å². The fourth-order valence-corrected chi connectivity index (χ4v) is 3.70. The SMILES string of the molecule is Cc1[nH]c2ccccc2c1-c1nc(-c2ccccc2)c(-c2ccc(F)cc2)[nH]1. The van der Waals surface area contributed by atoms with Crippen molar-refractivity contribution in [1.82, 2.24) is 15.0 Å². The Hall–Kier alpha value is -3.66. The Kier molecular flexibility index (Phi) is 3.83. The molecule has 3 aromatic carbocycles. The number of rotatable bonds is 3. The van der Waals surface area contributed by atoms with Gasteiger partial charge < -0.3 is 9.97 Å². The van der Waals surface area contributed by atoms with Crippen molar-refractivity contribution in [3.05, 3.63) is 90.4 Å². The molecule has 2 aromatic heterocycles. The molecule has 2 N–H and O–H groups in total. The molecule has 0 saturated heterocycles. The van der Waals surface area contributed by atoms with Gasteiger partial charge in [-0.05, 0) is 37.3 Å². The summed E-state index contributed by atoms with van der Waals surface area (Å²) in [5, 5.41) is 1.12. The molecular weight excluding hydrogens is 349 g/mol. The number of hydrogen-bond donors (Lipinski definition) is 2. The number of aromatic amines is 2. The van der Waals surface area contributed by atoms with Crippen LogP contribution >= 0.6 is 0 Å². The molecule has 0 amide bonds. The van der Waals surface area contributed by atoms with Gasteiger partial charge in [0.15, 0.2) is 0 Å². The Morgan fingerprint density at radius 1 is 0.750 bits per heavy atom. The third-order valence-electron chi connectivity index (χ3n) is 5.01. The zero-order chi connectivity index (χ0) is 19.1. The number of hydrogen-bond acceptors (Lipinski definition) is 1. The van der Waals surface area contributed by atoms with Gasteiger partial charge in [0.25, 0.3) is 0 Å². The summed E-state index contributed by atoms with van der Waals surface area (Å²) >= 11 is 0. The highest BCUT2D eigenvalue weighted by molar-refractivity contribution is 5.97. The van der Waals surface area contributed by atoms with E-state index in [1.807, 2.05) is 42.5 Å². The molecule has 4 heteroatoms. The first-order chi connectivity index (χ1) is 13.7. The highest BCUT2D eigenvalue weighted by Gasteiger charge is 2.19. The van der Waals surface area contributed by atoms with Crippen molar-refractivity contribution in [2.24, 2.45) is 0 Å². The maximum absolute atomic E-state index is 13.5. The van der Waals surface area contributed by atoms with Gasteiger partial charge in [-0.1, -0.05) is 48.5 Å². The summed E-state index contributed by atoms with van der Waals surface area (Å²) in [5.74, 6) is 0.547. The number of halogens is 1. The standard InChI is InChI=1S/C24H18FN3/c1-15-21(19-9-5-6-10-20(19)26-15)24-27-22(16-7-3-2-4-8-16)23(28-24)17-11-13-18(25)14-12-17/h2-14,26H,1H3,(H,27,28). The molecule has 0 saturated carbocycles. The Morgan fingerprint density at radius 3 is 2.25 bits per heavy atom. The summed E-state index contributed by atoms with van der Waals surface area (Å²) in [6, 6.07) is 24.8. The highest BCUT2D eigenvalue weighted by Crippen LogP contribution is 2.36. The zero-order valence-electron chi connectivity index (χ0n) is 15.3. The minimum absolute atomic E-state index is 0.253. The smallest absolute Gasteiger partial charge is 0.140 e. The average molecular weight is 367 g/mol. The second-order valence-corrected chi connectivity index (χ2v) is 6.85. The van der Waals surface area contributed by atoms with Gasteiger partial charge >= 0.3 is 0 Å². The molecule has 0 radical (unpaired) electrons. The Balaban J connectivity index is 1.76. The van der Waals surface area contributed by atoms with Crippen LogP contribution in [0, 0.1) is 12.7 Å². The summed E-state index contributed by atoms with van der Waals surface area (Å²) in [6.45, 7) is 2.05. The predicted molar refractivity (Wildman–Crippen MR) is 111 cm³/mol. The lowest BCUT2D eigenvalue weighted by Gasteiger charge is -2.03. The largest absolute Gasteiger partial charge is 0.358 e. The van der Waals surface area contributed by atoms with Crippen molar-refractivity contribution >= 4 is 10.9 Å². The Bertz CT molecular complexity index is 1260. The van der Waals surface area contributed by atoms with Crippen molar-refractivity contribution in [2.75, 3.05) is 0 Å². The van der Waals surface area contributed by atoms with Gasteiger partial charge in [0.1, 0.15) is 11.6 Å². The number of aromatic nitrogens is 3. The molecule has 5 aromatic rings. The molecule has 2 heterocycles. The van der Waals surface area contributed by atoms with E-state index in [1.54, 1.807) is 12.1 Å². The molecule has 0 aliphatic rings. The average Bonchev–Trinajstić information content (AvgIpc) is 3.29. The first-order valence-electron chi connectivity index (χ1n) is 9.20. The third kappa shape index (κ3) is 2.70. The molecule has 0 unspecified atom stereocenters. The van der Waals surface area contributed by atoms with Gasteiger partial charge in [-0.15, -0.1) is 0 Å². The van der Waals surface area contributed by atoms with Crippen LogP contribution in [0.15, 0.2) is 78.9 Å². The van der Waals surface area contributed by atoms with Crippen LogP contribution in [0.4, 0.5) is 4.39 Å². The molecule has 0 spiro atoms. The highest BCUT2D eigenvalue weighted by atomic mass is 19.1. The monoisotopic (exact) mass is 367 g/mol. The maximum Gasteiger partial charge on any atom is 0.140 e. The minimum Gasteiger partial charge on any atom is -0.358 e. The van der Waals surface area contributed by atoms with E-state index in [9.17, 15) is 4.39 Å². The first-order valence-corrected chi connectivity index (χ1v) is 9.20. The predicted octanol–water partition coefficient (Wildman–Crippen LogP) is 6.34. The second kappa shape index (κ2) is 6.50. The van der Waals surface area contributed by atoms with Crippen LogP contribution in [-0.4, -0.2) is 15.0 Å². The van der Waals surface area contributed by atoms with Crippen LogP contribution in [0.3, 0.4) is 0 Å². The van der Waals surface area contributed by atoms with Crippen molar-refractivity contribution in [1.29, 1.82) is 0 Å². The summed E-state index contributed by atoms with van der Waals surface area (Å²) in [7, 11) is 0. The van der Waals surface area contributed by atoms with E-state index in [0.717, 1.165) is 50.5 Å². The van der Waals surface area contributed by atoms with Gasteiger partial charge in [-0.2, -0.15) is 0 Å². The number of imidazole rings is 1. The maximum atomic E-state index is 13.5. The lowest BCUT2D eigenvalue weighted by molar-refractivity contribution is 0.628. The summed E-state index contributed by atoms with van der Waals surface area (Å²) < 4.78 is 13.5. The summed E-state index contributed by atoms with van der Waals surface area (Å²) in [6.07, 6.45) is 0. The van der Waals surface area contributed by atoms with Crippen LogP contribution < -0.4 is 0 Å². The number of fused-ring (bicyclic) bond motifs is 1. The van der Waals surface area contributed by atoms with E-state index in [-0.39, 0.29) is 5.82 Å². The van der Waals surface area contributed by atoms with Crippen LogP contribution in [0.2, 0.25) is 0 Å². The van der Waals surface area contributed by atoms with Crippen LogP contribution in [0.1, 0.15) is 5.69 Å². The first kappa shape index (κ1) is 16.5. The molecule has 0 aliphatic carbocycles. The van der Waals surface area contributed by atoms with Crippen LogP contribution in [-0.2, 0) is 0 Å². The number of benzene rings is 3. The number of para-hydroxylation sites is 1. The number of nitrogens with zero attached hydrogens (tertiary/aromatic N) is 1. The quantitative estimate of drug-likeness (QED) is 0.384. The van der Waals surface area contributed by atoms with Gasteiger partial charge in [0.05, 0.1) is 11.4 Å². The van der Waals surface area contributed by atoms with Gasteiger partial charge in [0, 0.05) is 33.3 Å².